The van der Waals surface area contributed by atoms with Crippen molar-refractivity contribution in [3.63, 3.8) is 0 Å². The second-order valence-corrected chi connectivity index (χ2v) is 7.14. The molecule has 7 nitrogen and oxygen atoms in total. The van der Waals surface area contributed by atoms with Gasteiger partial charge in [0.25, 0.3) is 0 Å². The lowest BCUT2D eigenvalue weighted by Crippen LogP contribution is -2.33. The number of carbonyl (C=O) groups is 1. The summed E-state index contributed by atoms with van der Waals surface area (Å²) in [5, 5.41) is 2.69. The van der Waals surface area contributed by atoms with Gasteiger partial charge >= 0.3 is 0 Å². The van der Waals surface area contributed by atoms with Crippen molar-refractivity contribution in [3.05, 3.63) is 23.8 Å². The van der Waals surface area contributed by atoms with Gasteiger partial charge in [-0.15, -0.1) is 0 Å². The second-order valence-electron chi connectivity index (χ2n) is 4.89. The number of carbonyl (C=O) groups excluding carboxylic acids is 1. The Balaban J connectivity index is 2.22. The Kier molecular flexibility index (Phi) is 5.38. The number of sulfonamides is 1. The van der Waals surface area contributed by atoms with Gasteiger partial charge in [-0.25, -0.2) is 8.42 Å². The van der Waals surface area contributed by atoms with Crippen LogP contribution < -0.4 is 10.1 Å². The molecule has 8 heteroatoms. The van der Waals surface area contributed by atoms with Crippen LogP contribution in [0.5, 0.6) is 5.75 Å². The summed E-state index contributed by atoms with van der Waals surface area (Å²) >= 11 is 0. The number of hydrogen-bond donors (Lipinski definition) is 1. The van der Waals surface area contributed by atoms with Gasteiger partial charge in [-0.05, 0) is 25.1 Å². The van der Waals surface area contributed by atoms with Gasteiger partial charge in [0.15, 0.2) is 0 Å². The highest BCUT2D eigenvalue weighted by molar-refractivity contribution is 7.89. The Morgan fingerprint density at radius 1 is 1.45 bits per heavy atom. The van der Waals surface area contributed by atoms with Gasteiger partial charge in [0.1, 0.15) is 19.0 Å². The maximum absolute atomic E-state index is 12.0. The number of anilines is 1. The standard InChI is InChI=1S/C14H20N2O5S/c1-3-22(18,19)16-6-7-21-13-5-4-12(8-11(13)9-16)15-14(17)10-20-2/h4-5,8H,3,6-7,9-10H2,1-2H3,(H,15,17). The minimum absolute atomic E-state index is 0.0378. The number of nitrogens with zero attached hydrogens (tertiary/aromatic N) is 1. The van der Waals surface area contributed by atoms with E-state index < -0.39 is 10.0 Å². The third-order valence-electron chi connectivity index (χ3n) is 3.32. The van der Waals surface area contributed by atoms with E-state index in [1.165, 1.54) is 11.4 Å². The third kappa shape index (κ3) is 3.96. The van der Waals surface area contributed by atoms with E-state index in [1.54, 1.807) is 25.1 Å². The van der Waals surface area contributed by atoms with Gasteiger partial charge in [0.05, 0.1) is 5.75 Å². The number of ether oxygens (including phenoxy) is 2. The smallest absolute Gasteiger partial charge is 0.250 e. The third-order valence-corrected chi connectivity index (χ3v) is 5.15. The van der Waals surface area contributed by atoms with Crippen LogP contribution in [0.4, 0.5) is 5.69 Å². The average molecular weight is 328 g/mol. The van der Waals surface area contributed by atoms with Gasteiger partial charge in [0.2, 0.25) is 15.9 Å². The van der Waals surface area contributed by atoms with Crippen molar-refractivity contribution < 1.29 is 22.7 Å². The Morgan fingerprint density at radius 3 is 2.91 bits per heavy atom. The highest BCUT2D eigenvalue weighted by atomic mass is 32.2. The van der Waals surface area contributed by atoms with Crippen molar-refractivity contribution in [3.8, 4) is 5.75 Å². The van der Waals surface area contributed by atoms with Crippen molar-refractivity contribution >= 4 is 21.6 Å². The minimum atomic E-state index is -3.29. The molecule has 2 rings (SSSR count). The SMILES string of the molecule is CCS(=O)(=O)N1CCOc2ccc(NC(=O)COC)cc2C1. The van der Waals surface area contributed by atoms with Crippen molar-refractivity contribution in [2.75, 3.05) is 37.9 Å². The van der Waals surface area contributed by atoms with E-state index in [0.717, 1.165) is 5.56 Å². The lowest BCUT2D eigenvalue weighted by atomic mass is 10.1. The predicted octanol–water partition coefficient (Wildman–Crippen LogP) is 0.816. The number of fused-ring (bicyclic) bond motifs is 1. The van der Waals surface area contributed by atoms with Gasteiger partial charge in [-0.2, -0.15) is 4.31 Å². The first-order valence-electron chi connectivity index (χ1n) is 6.98. The molecule has 0 saturated heterocycles. The summed E-state index contributed by atoms with van der Waals surface area (Å²) in [4.78, 5) is 11.5. The molecule has 1 aliphatic heterocycles. The van der Waals surface area contributed by atoms with E-state index in [0.29, 0.717) is 24.6 Å². The lowest BCUT2D eigenvalue weighted by molar-refractivity contribution is -0.119. The number of amides is 1. The summed E-state index contributed by atoms with van der Waals surface area (Å²) in [6, 6.07) is 5.18. The Morgan fingerprint density at radius 2 is 2.23 bits per heavy atom. The molecule has 1 heterocycles. The van der Waals surface area contributed by atoms with Crippen LogP contribution in [0.1, 0.15) is 12.5 Å². The Bertz CT molecular complexity index is 645. The maximum Gasteiger partial charge on any atom is 0.250 e. The van der Waals surface area contributed by atoms with Gasteiger partial charge in [0, 0.05) is 31.5 Å². The number of nitrogens with one attached hydrogen (secondary N) is 1. The van der Waals surface area contributed by atoms with Crippen LogP contribution in [0.15, 0.2) is 18.2 Å². The summed E-state index contributed by atoms with van der Waals surface area (Å²) in [5.41, 5.74) is 1.31. The molecule has 0 atom stereocenters. The van der Waals surface area contributed by atoms with E-state index in [-0.39, 0.29) is 24.8 Å². The molecule has 0 aromatic heterocycles. The van der Waals surface area contributed by atoms with Gasteiger partial charge in [-0.1, -0.05) is 0 Å². The summed E-state index contributed by atoms with van der Waals surface area (Å²) in [7, 11) is -1.84. The zero-order valence-electron chi connectivity index (χ0n) is 12.7. The fourth-order valence-corrected chi connectivity index (χ4v) is 3.25. The van der Waals surface area contributed by atoms with Gasteiger partial charge in [-0.3, -0.25) is 4.79 Å². The molecule has 0 unspecified atom stereocenters. The van der Waals surface area contributed by atoms with E-state index >= 15 is 0 Å². The molecule has 0 spiro atoms. The highest BCUT2D eigenvalue weighted by Crippen LogP contribution is 2.27. The fraction of sp³-hybridized carbons (Fsp3) is 0.500. The van der Waals surface area contributed by atoms with E-state index in [4.69, 9.17) is 9.47 Å². The normalized spacial score (nSPS) is 15.5. The van der Waals surface area contributed by atoms with Gasteiger partial charge < -0.3 is 14.8 Å². The molecule has 0 fully saturated rings. The second kappa shape index (κ2) is 7.08. The largest absolute Gasteiger partial charge is 0.492 e. The Labute approximate surface area is 130 Å². The molecular formula is C14H20N2O5S. The monoisotopic (exact) mass is 328 g/mol. The number of methoxy groups -OCH3 is 1. The molecular weight excluding hydrogens is 308 g/mol. The number of hydrogen-bond acceptors (Lipinski definition) is 5. The molecule has 1 N–H and O–H groups in total. The summed E-state index contributed by atoms with van der Waals surface area (Å²) in [6.07, 6.45) is 0. The average Bonchev–Trinajstić information content (AvgIpc) is 2.69. The molecule has 1 aromatic rings. The van der Waals surface area contributed by atoms with Crippen molar-refractivity contribution in [1.29, 1.82) is 0 Å². The molecule has 122 valence electrons. The molecule has 1 aromatic carbocycles. The molecule has 1 amide bonds. The van der Waals surface area contributed by atoms with Crippen LogP contribution in [0.3, 0.4) is 0 Å². The summed E-state index contributed by atoms with van der Waals surface area (Å²) in [6.45, 7) is 2.44. The number of benzene rings is 1. The zero-order chi connectivity index (χ0) is 16.2. The van der Waals surface area contributed by atoms with E-state index in [1.807, 2.05) is 0 Å². The molecule has 1 aliphatic rings. The summed E-state index contributed by atoms with van der Waals surface area (Å²) < 4.78 is 35.8. The molecule has 22 heavy (non-hydrogen) atoms. The highest BCUT2D eigenvalue weighted by Gasteiger charge is 2.24. The lowest BCUT2D eigenvalue weighted by Gasteiger charge is -2.18. The fourth-order valence-electron chi connectivity index (χ4n) is 2.20. The van der Waals surface area contributed by atoms with Crippen LogP contribution >= 0.6 is 0 Å². The quantitative estimate of drug-likeness (QED) is 0.865. The molecule has 0 aliphatic carbocycles. The number of rotatable bonds is 5. The predicted molar refractivity (Wildman–Crippen MR) is 82.3 cm³/mol. The van der Waals surface area contributed by atoms with Crippen LogP contribution in [0.25, 0.3) is 0 Å². The first kappa shape index (κ1) is 16.7. The van der Waals surface area contributed by atoms with Crippen LogP contribution in [-0.2, 0) is 26.1 Å². The van der Waals surface area contributed by atoms with Crippen LogP contribution in [0, 0.1) is 0 Å². The topological polar surface area (TPSA) is 84.9 Å². The van der Waals surface area contributed by atoms with Crippen LogP contribution in [0.2, 0.25) is 0 Å². The first-order valence-corrected chi connectivity index (χ1v) is 8.59. The van der Waals surface area contributed by atoms with Crippen LogP contribution in [-0.4, -0.2) is 51.3 Å². The zero-order valence-corrected chi connectivity index (χ0v) is 13.5. The minimum Gasteiger partial charge on any atom is -0.492 e. The molecule has 0 radical (unpaired) electrons. The van der Waals surface area contributed by atoms with E-state index in [2.05, 4.69) is 5.32 Å². The van der Waals surface area contributed by atoms with Crippen molar-refractivity contribution in [2.45, 2.75) is 13.5 Å². The summed E-state index contributed by atoms with van der Waals surface area (Å²) in [5.74, 6) is 0.417. The molecule has 0 bridgehead atoms. The van der Waals surface area contributed by atoms with Crippen molar-refractivity contribution in [2.24, 2.45) is 0 Å². The Hall–Kier alpha value is -1.64. The van der Waals surface area contributed by atoms with E-state index in [9.17, 15) is 13.2 Å². The molecule has 0 saturated carbocycles. The first-order chi connectivity index (χ1) is 10.5. The van der Waals surface area contributed by atoms with Crippen molar-refractivity contribution in [1.82, 2.24) is 4.31 Å². The maximum atomic E-state index is 12.0.